The Morgan fingerprint density at radius 1 is 1.44 bits per heavy atom. The van der Waals surface area contributed by atoms with E-state index in [4.69, 9.17) is 4.74 Å². The quantitative estimate of drug-likeness (QED) is 0.441. The third kappa shape index (κ3) is 8.02. The van der Waals surface area contributed by atoms with Gasteiger partial charge in [-0.05, 0) is 13.8 Å². The summed E-state index contributed by atoms with van der Waals surface area (Å²) in [4.78, 5) is 0. The van der Waals surface area contributed by atoms with Crippen LogP contribution in [0.1, 0.15) is 13.8 Å². The maximum atomic E-state index is 9.67. The zero-order valence-corrected chi connectivity index (χ0v) is 6.56. The Labute approximate surface area is 56.6 Å². The van der Waals surface area contributed by atoms with Crippen LogP contribution in [-0.4, -0.2) is 19.3 Å². The molecule has 0 aliphatic heterocycles. The molecule has 0 bridgehead atoms. The maximum absolute atomic E-state index is 9.67. The smallest absolute Gasteiger partial charge is 0.327 e. The molecular formula is C5H11O3P. The van der Waals surface area contributed by atoms with Gasteiger partial charge in [0.25, 0.3) is 0 Å². The van der Waals surface area contributed by atoms with Crippen LogP contribution in [0.25, 0.3) is 0 Å². The number of hydrogen-bond donors (Lipinski definition) is 0. The van der Waals surface area contributed by atoms with Gasteiger partial charge in [0.05, 0.1) is 19.3 Å². The van der Waals surface area contributed by atoms with Gasteiger partial charge in [-0.15, -0.1) is 0 Å². The van der Waals surface area contributed by atoms with Crippen molar-refractivity contribution in [2.45, 2.75) is 20.0 Å². The molecule has 0 fully saturated rings. The lowest BCUT2D eigenvalue weighted by atomic mass is 10.5. The van der Waals surface area contributed by atoms with E-state index in [-0.39, 0.29) is 14.8 Å². The highest BCUT2D eigenvalue weighted by Gasteiger charge is 1.91. The summed E-state index contributed by atoms with van der Waals surface area (Å²) in [7, 11) is -0.273. The van der Waals surface area contributed by atoms with E-state index >= 15 is 0 Å². The van der Waals surface area contributed by atoms with Crippen LogP contribution in [0, 0.1) is 0 Å². The molecule has 0 unspecified atom stereocenters. The first-order valence-corrected chi connectivity index (χ1v) is 3.56. The molecule has 0 saturated heterocycles. The fraction of sp³-hybridized carbons (Fsp3) is 1.00. The summed E-state index contributed by atoms with van der Waals surface area (Å²) in [6.07, 6.45) is 0.219. The topological polar surface area (TPSA) is 35.5 Å². The van der Waals surface area contributed by atoms with Gasteiger partial charge in [0.1, 0.15) is 0 Å². The monoisotopic (exact) mass is 150 g/mol. The van der Waals surface area contributed by atoms with Crippen molar-refractivity contribution in [1.29, 1.82) is 0 Å². The van der Waals surface area contributed by atoms with Crippen LogP contribution in [0.3, 0.4) is 0 Å². The van der Waals surface area contributed by atoms with E-state index in [1.54, 1.807) is 0 Å². The molecule has 0 aromatic heterocycles. The zero-order valence-electron chi connectivity index (χ0n) is 5.66. The fourth-order valence-electron chi connectivity index (χ4n) is 0.358. The molecule has 0 atom stereocenters. The lowest BCUT2D eigenvalue weighted by Gasteiger charge is -2.03. The van der Waals surface area contributed by atoms with E-state index < -0.39 is 0 Å². The van der Waals surface area contributed by atoms with Crippen molar-refractivity contribution in [2.24, 2.45) is 0 Å². The molecule has 0 aromatic rings. The van der Waals surface area contributed by atoms with Crippen molar-refractivity contribution in [3.63, 3.8) is 0 Å². The van der Waals surface area contributed by atoms with Gasteiger partial charge < -0.3 is 4.74 Å². The molecule has 4 heteroatoms. The van der Waals surface area contributed by atoms with E-state index in [0.717, 1.165) is 0 Å². The highest BCUT2D eigenvalue weighted by Crippen LogP contribution is 1.94. The van der Waals surface area contributed by atoms with Gasteiger partial charge in [0.2, 0.25) is 0 Å². The Hall–Kier alpha value is 0.0200. The van der Waals surface area contributed by atoms with Crippen LogP contribution >= 0.6 is 8.69 Å². The largest absolute Gasteiger partial charge is 0.376 e. The minimum Gasteiger partial charge on any atom is -0.376 e. The summed E-state index contributed by atoms with van der Waals surface area (Å²) in [5, 5.41) is 0. The Kier molecular flexibility index (Phi) is 6.16. The lowest BCUT2D eigenvalue weighted by molar-refractivity contribution is 0.0580. The first-order chi connectivity index (χ1) is 4.27. The van der Waals surface area contributed by atoms with E-state index in [0.29, 0.717) is 13.2 Å². The summed E-state index contributed by atoms with van der Waals surface area (Å²) in [5.41, 5.74) is 0. The van der Waals surface area contributed by atoms with Gasteiger partial charge in [-0.3, -0.25) is 4.52 Å². The number of hydrogen-bond acceptors (Lipinski definition) is 3. The molecule has 54 valence electrons. The summed E-state index contributed by atoms with van der Waals surface area (Å²) < 4.78 is 19.2. The summed E-state index contributed by atoms with van der Waals surface area (Å²) in [6.45, 7) is 4.78. The van der Waals surface area contributed by atoms with E-state index in [1.807, 2.05) is 13.8 Å². The van der Waals surface area contributed by atoms with Gasteiger partial charge in [0.15, 0.2) is 0 Å². The van der Waals surface area contributed by atoms with Gasteiger partial charge in [0, 0.05) is 0 Å². The molecule has 0 rings (SSSR count). The zero-order chi connectivity index (χ0) is 7.11. The first kappa shape index (κ1) is 9.02. The van der Waals surface area contributed by atoms with E-state index in [1.165, 1.54) is 0 Å². The van der Waals surface area contributed by atoms with Gasteiger partial charge in [-0.25, -0.2) is 4.57 Å². The highest BCUT2D eigenvalue weighted by atomic mass is 31.1. The predicted molar refractivity (Wildman–Crippen MR) is 34.6 cm³/mol. The van der Waals surface area contributed by atoms with Crippen molar-refractivity contribution in [2.75, 3.05) is 13.2 Å². The van der Waals surface area contributed by atoms with Crippen LogP contribution in [-0.2, 0) is 13.8 Å². The van der Waals surface area contributed by atoms with Crippen LogP contribution in [0.2, 0.25) is 0 Å². The second-order valence-corrected chi connectivity index (χ2v) is 2.23. The second kappa shape index (κ2) is 6.14. The van der Waals surface area contributed by atoms with Crippen molar-refractivity contribution < 1.29 is 13.8 Å². The molecule has 3 nitrogen and oxygen atoms in total. The van der Waals surface area contributed by atoms with Crippen LogP contribution < -0.4 is 0 Å². The van der Waals surface area contributed by atoms with Crippen molar-refractivity contribution >= 4 is 8.69 Å². The normalized spacial score (nSPS) is 11.0. The van der Waals surface area contributed by atoms with E-state index in [9.17, 15) is 4.57 Å². The average Bonchev–Trinajstić information content (AvgIpc) is 1.80. The molecule has 0 aromatic carbocycles. The summed E-state index contributed by atoms with van der Waals surface area (Å²) in [6, 6.07) is 0. The molecule has 0 aliphatic rings. The molecule has 9 heavy (non-hydrogen) atoms. The molecule has 0 aliphatic carbocycles. The fourth-order valence-corrected chi connectivity index (χ4v) is 0.507. The molecule has 0 saturated carbocycles. The lowest BCUT2D eigenvalue weighted by Crippen LogP contribution is -2.06. The highest BCUT2D eigenvalue weighted by molar-refractivity contribution is 7.17. The Bertz CT molecular complexity index is 74.6. The summed E-state index contributed by atoms with van der Waals surface area (Å²) in [5.74, 6) is 0. The molecule has 0 spiro atoms. The molecule has 0 N–H and O–H groups in total. The van der Waals surface area contributed by atoms with E-state index in [2.05, 4.69) is 4.52 Å². The van der Waals surface area contributed by atoms with Crippen LogP contribution in [0.5, 0.6) is 0 Å². The first-order valence-electron chi connectivity index (χ1n) is 2.83. The van der Waals surface area contributed by atoms with Crippen LogP contribution in [0.15, 0.2) is 0 Å². The molecule has 0 heterocycles. The van der Waals surface area contributed by atoms with Crippen molar-refractivity contribution in [3.05, 3.63) is 0 Å². The number of rotatable bonds is 5. The third-order valence-corrected chi connectivity index (χ3v) is 0.966. The predicted octanol–water partition coefficient (Wildman–Crippen LogP) is 1.63. The van der Waals surface area contributed by atoms with Crippen molar-refractivity contribution in [1.82, 2.24) is 0 Å². The standard InChI is InChI=1S/C5H11O3P/c1-5(2)7-3-4-8-9-6/h5H,3-4H2,1-2H3. The molecule has 0 radical (unpaired) electrons. The number of ether oxygens (including phenoxy) is 1. The molecular weight excluding hydrogens is 139 g/mol. The second-order valence-electron chi connectivity index (χ2n) is 1.83. The van der Waals surface area contributed by atoms with Gasteiger partial charge in [-0.2, -0.15) is 0 Å². The Morgan fingerprint density at radius 3 is 2.56 bits per heavy atom. The minimum atomic E-state index is -0.273. The van der Waals surface area contributed by atoms with Gasteiger partial charge in [-0.1, -0.05) is 0 Å². The summed E-state index contributed by atoms with van der Waals surface area (Å²) >= 11 is 0. The van der Waals surface area contributed by atoms with Gasteiger partial charge >= 0.3 is 8.69 Å². The Balaban J connectivity index is 2.82. The van der Waals surface area contributed by atoms with Crippen molar-refractivity contribution in [3.8, 4) is 0 Å². The third-order valence-electron chi connectivity index (χ3n) is 0.679. The SMILES string of the molecule is CC(C)OCCOP=O. The minimum absolute atomic E-state index is 0.219. The average molecular weight is 150 g/mol. The Morgan fingerprint density at radius 2 is 2.11 bits per heavy atom. The maximum Gasteiger partial charge on any atom is 0.327 e. The van der Waals surface area contributed by atoms with Crippen LogP contribution in [0.4, 0.5) is 0 Å². The molecule has 0 amide bonds.